The number of imidazole rings is 1. The number of nitrogen functional groups attached to an aromatic ring is 1. The van der Waals surface area contributed by atoms with Gasteiger partial charge in [0.05, 0.1) is 10.2 Å². The van der Waals surface area contributed by atoms with Crippen molar-refractivity contribution in [1.82, 2.24) is 14.4 Å². The third kappa shape index (κ3) is 2.47. The topological polar surface area (TPSA) is 73.3 Å². The van der Waals surface area contributed by atoms with E-state index < -0.39 is 0 Å². The smallest absolute Gasteiger partial charge is 0.181 e. The molecule has 0 radical (unpaired) electrons. The zero-order chi connectivity index (χ0) is 16.0. The van der Waals surface area contributed by atoms with E-state index in [1.807, 2.05) is 35.0 Å². The summed E-state index contributed by atoms with van der Waals surface area (Å²) in [5.41, 5.74) is 10.4. The van der Waals surface area contributed by atoms with Crippen molar-refractivity contribution in [3.8, 4) is 0 Å². The van der Waals surface area contributed by atoms with Crippen molar-refractivity contribution in [2.24, 2.45) is 0 Å². The number of carbonyl (C=O) groups excluding carboxylic acids is 1. The van der Waals surface area contributed by atoms with Gasteiger partial charge in [-0.25, -0.2) is 9.97 Å². The lowest BCUT2D eigenvalue weighted by Gasteiger charge is -2.03. The van der Waals surface area contributed by atoms with Crippen molar-refractivity contribution in [2.75, 3.05) is 5.73 Å². The Balaban J connectivity index is 1.72. The third-order valence-corrected chi connectivity index (χ3v) is 4.70. The Morgan fingerprint density at radius 1 is 1.30 bits per heavy atom. The lowest BCUT2D eigenvalue weighted by Crippen LogP contribution is -1.97. The van der Waals surface area contributed by atoms with Crippen LogP contribution in [0.4, 0.5) is 5.13 Å². The summed E-state index contributed by atoms with van der Waals surface area (Å²) >= 11 is 1.49. The van der Waals surface area contributed by atoms with Crippen LogP contribution in [0.1, 0.15) is 28.5 Å². The monoisotopic (exact) mass is 322 g/mol. The largest absolute Gasteiger partial charge is 0.375 e. The first-order valence-electron chi connectivity index (χ1n) is 7.22. The Morgan fingerprint density at radius 3 is 3.00 bits per heavy atom. The van der Waals surface area contributed by atoms with Crippen LogP contribution in [0.3, 0.4) is 0 Å². The van der Waals surface area contributed by atoms with Gasteiger partial charge in [-0.15, -0.1) is 0 Å². The van der Waals surface area contributed by atoms with E-state index >= 15 is 0 Å². The average molecular weight is 322 g/mol. The molecule has 6 heteroatoms. The fraction of sp³-hybridized carbons (Fsp3) is 0.118. The number of Topliss-reactive ketones (excluding diaryl/α,β-unsaturated/α-hetero) is 1. The number of hydrogen-bond donors (Lipinski definition) is 1. The number of pyridine rings is 1. The van der Waals surface area contributed by atoms with Gasteiger partial charge in [0.2, 0.25) is 0 Å². The van der Waals surface area contributed by atoms with Crippen LogP contribution in [0.5, 0.6) is 0 Å². The Kier molecular flexibility index (Phi) is 3.12. The Morgan fingerprint density at radius 2 is 2.17 bits per heavy atom. The fourth-order valence-electron chi connectivity index (χ4n) is 2.69. The molecule has 0 atom stereocenters. The molecule has 2 N–H and O–H groups in total. The maximum atomic E-state index is 11.5. The molecule has 5 nitrogen and oxygen atoms in total. The first-order chi connectivity index (χ1) is 11.1. The minimum atomic E-state index is 0.0466. The van der Waals surface area contributed by atoms with Crippen molar-refractivity contribution in [1.29, 1.82) is 0 Å². The van der Waals surface area contributed by atoms with Crippen LogP contribution in [0, 0.1) is 0 Å². The second-order valence-electron chi connectivity index (χ2n) is 5.48. The summed E-state index contributed by atoms with van der Waals surface area (Å²) in [6.07, 6.45) is 4.51. The van der Waals surface area contributed by atoms with Crippen molar-refractivity contribution in [3.05, 3.63) is 59.5 Å². The molecule has 0 aliphatic carbocycles. The predicted octanol–water partition coefficient (Wildman–Crippen LogP) is 3.32. The zero-order valence-corrected chi connectivity index (χ0v) is 13.3. The van der Waals surface area contributed by atoms with E-state index in [-0.39, 0.29) is 5.78 Å². The summed E-state index contributed by atoms with van der Waals surface area (Å²) in [4.78, 5) is 20.1. The molecular formula is C17H14N4OS. The summed E-state index contributed by atoms with van der Waals surface area (Å²) in [6.45, 7) is 1.56. The van der Waals surface area contributed by atoms with Crippen LogP contribution >= 0.6 is 11.3 Å². The van der Waals surface area contributed by atoms with Gasteiger partial charge in [-0.1, -0.05) is 17.4 Å². The number of fused-ring (bicyclic) bond motifs is 2. The molecule has 4 rings (SSSR count). The van der Waals surface area contributed by atoms with Crippen LogP contribution < -0.4 is 5.73 Å². The second kappa shape index (κ2) is 5.17. The number of rotatable bonds is 3. The molecule has 0 bridgehead atoms. The minimum absolute atomic E-state index is 0.0466. The highest BCUT2D eigenvalue weighted by atomic mass is 32.1. The number of hydrogen-bond acceptors (Lipinski definition) is 5. The number of ketones is 1. The normalized spacial score (nSPS) is 11.3. The lowest BCUT2D eigenvalue weighted by molar-refractivity contribution is 0.101. The highest BCUT2D eigenvalue weighted by Crippen LogP contribution is 2.25. The Bertz CT molecular complexity index is 1050. The van der Waals surface area contributed by atoms with E-state index in [0.29, 0.717) is 10.7 Å². The van der Waals surface area contributed by atoms with Crippen molar-refractivity contribution in [2.45, 2.75) is 13.3 Å². The standard InChI is InChI=1S/C17H14N4OS/c1-10(22)12-4-5-21-13(9-19-16(21)8-12)6-11-2-3-14-15(7-11)23-17(18)20-14/h2-5,7-9H,6H2,1H3,(H2,18,20). The molecule has 0 fully saturated rings. The van der Waals surface area contributed by atoms with Crippen LogP contribution in [-0.2, 0) is 6.42 Å². The molecular weight excluding hydrogens is 308 g/mol. The molecule has 0 amide bonds. The molecule has 4 aromatic rings. The number of nitrogens with zero attached hydrogens (tertiary/aromatic N) is 3. The highest BCUT2D eigenvalue weighted by Gasteiger charge is 2.08. The van der Waals surface area contributed by atoms with Crippen LogP contribution in [-0.4, -0.2) is 20.2 Å². The number of benzene rings is 1. The van der Waals surface area contributed by atoms with Gasteiger partial charge >= 0.3 is 0 Å². The third-order valence-electron chi connectivity index (χ3n) is 3.85. The molecule has 3 aromatic heterocycles. The van der Waals surface area contributed by atoms with E-state index in [9.17, 15) is 4.79 Å². The summed E-state index contributed by atoms with van der Waals surface area (Å²) < 4.78 is 3.10. The Labute approximate surface area is 136 Å². The fourth-order valence-corrected chi connectivity index (χ4v) is 3.49. The average Bonchev–Trinajstić information content (AvgIpc) is 3.09. The molecule has 3 heterocycles. The van der Waals surface area contributed by atoms with E-state index in [0.717, 1.165) is 28.0 Å². The predicted molar refractivity (Wildman–Crippen MR) is 92.0 cm³/mol. The molecule has 0 aliphatic rings. The summed E-state index contributed by atoms with van der Waals surface area (Å²) in [5, 5.41) is 0.587. The van der Waals surface area contributed by atoms with E-state index in [2.05, 4.69) is 22.1 Å². The van der Waals surface area contributed by atoms with Gasteiger partial charge in [-0.2, -0.15) is 0 Å². The molecule has 1 aromatic carbocycles. The maximum Gasteiger partial charge on any atom is 0.181 e. The number of carbonyl (C=O) groups is 1. The van der Waals surface area contributed by atoms with Gasteiger partial charge in [0.15, 0.2) is 10.9 Å². The number of thiazole rings is 1. The van der Waals surface area contributed by atoms with Crippen molar-refractivity contribution in [3.63, 3.8) is 0 Å². The van der Waals surface area contributed by atoms with Gasteiger partial charge < -0.3 is 10.1 Å². The van der Waals surface area contributed by atoms with E-state index in [1.54, 1.807) is 6.92 Å². The molecule has 0 saturated heterocycles. The van der Waals surface area contributed by atoms with E-state index in [1.165, 1.54) is 16.9 Å². The number of anilines is 1. The second-order valence-corrected chi connectivity index (χ2v) is 6.54. The first kappa shape index (κ1) is 13.9. The molecule has 0 saturated carbocycles. The maximum absolute atomic E-state index is 11.5. The van der Waals surface area contributed by atoms with Gasteiger partial charge in [-0.3, -0.25) is 4.79 Å². The molecule has 114 valence electrons. The van der Waals surface area contributed by atoms with Crippen LogP contribution in [0.15, 0.2) is 42.7 Å². The molecule has 0 aliphatic heterocycles. The van der Waals surface area contributed by atoms with Crippen molar-refractivity contribution < 1.29 is 4.79 Å². The molecule has 0 unspecified atom stereocenters. The van der Waals surface area contributed by atoms with Crippen molar-refractivity contribution >= 4 is 38.1 Å². The summed E-state index contributed by atoms with van der Waals surface area (Å²) in [5.74, 6) is 0.0466. The molecule has 23 heavy (non-hydrogen) atoms. The van der Waals surface area contributed by atoms with Gasteiger partial charge in [-0.05, 0) is 36.8 Å². The minimum Gasteiger partial charge on any atom is -0.375 e. The molecule has 0 spiro atoms. The van der Waals surface area contributed by atoms with Gasteiger partial charge in [0.1, 0.15) is 5.65 Å². The van der Waals surface area contributed by atoms with Crippen LogP contribution in [0.25, 0.3) is 15.9 Å². The Hall–Kier alpha value is -2.73. The first-order valence-corrected chi connectivity index (χ1v) is 8.04. The quantitative estimate of drug-likeness (QED) is 0.587. The summed E-state index contributed by atoms with van der Waals surface area (Å²) in [6, 6.07) is 9.82. The summed E-state index contributed by atoms with van der Waals surface area (Å²) in [7, 11) is 0. The SMILES string of the molecule is CC(=O)c1ccn2c(Cc3ccc4nc(N)sc4c3)cnc2c1. The van der Waals surface area contributed by atoms with Crippen LogP contribution in [0.2, 0.25) is 0 Å². The lowest BCUT2D eigenvalue weighted by atomic mass is 10.1. The number of aromatic nitrogens is 3. The van der Waals surface area contributed by atoms with Gasteiger partial charge in [0, 0.05) is 30.1 Å². The number of nitrogens with two attached hydrogens (primary N) is 1. The van der Waals surface area contributed by atoms with Gasteiger partial charge in [0.25, 0.3) is 0 Å². The highest BCUT2D eigenvalue weighted by molar-refractivity contribution is 7.22. The zero-order valence-electron chi connectivity index (χ0n) is 12.5. The van der Waals surface area contributed by atoms with E-state index in [4.69, 9.17) is 5.73 Å².